The number of hydrogen-bond acceptors (Lipinski definition) is 3. The topological polar surface area (TPSA) is 35.1 Å². The second-order valence-electron chi connectivity index (χ2n) is 3.98. The van der Waals surface area contributed by atoms with E-state index in [1.807, 2.05) is 42.5 Å². The van der Waals surface area contributed by atoms with Crippen LogP contribution in [-0.4, -0.2) is 9.56 Å². The van der Waals surface area contributed by atoms with E-state index in [0.717, 1.165) is 10.0 Å². The molecule has 0 N–H and O–H groups in total. The Morgan fingerprint density at radius 3 is 2.53 bits per heavy atom. The molecule has 0 saturated heterocycles. The lowest BCUT2D eigenvalue weighted by Gasteiger charge is -2.04. The van der Waals surface area contributed by atoms with E-state index >= 15 is 0 Å². The first-order valence-corrected chi connectivity index (χ1v) is 6.78. The lowest BCUT2D eigenvalue weighted by Crippen LogP contribution is -2.22. The molecule has 0 atom stereocenters. The fraction of sp³-hybridized carbons (Fsp3) is 0. The Kier molecular flexibility index (Phi) is 3.08. The minimum Gasteiger partial charge on any atom is -0.407 e. The number of para-hydroxylation sites is 2. The number of oxazole rings is 1. The summed E-state index contributed by atoms with van der Waals surface area (Å²) in [6.07, 6.45) is 0. The summed E-state index contributed by atoms with van der Waals surface area (Å²) in [5, 5.41) is 0. The van der Waals surface area contributed by atoms with Crippen molar-refractivity contribution in [2.24, 2.45) is 0 Å². The van der Waals surface area contributed by atoms with Crippen LogP contribution < -0.4 is 5.76 Å². The van der Waals surface area contributed by atoms with E-state index in [1.54, 1.807) is 6.07 Å². The van der Waals surface area contributed by atoms with Crippen molar-refractivity contribution >= 4 is 44.2 Å². The number of hydrogen-bond donors (Lipinski definition) is 0. The first-order valence-electron chi connectivity index (χ1n) is 5.58. The molecule has 1 aromatic heterocycles. The molecule has 3 aromatic rings. The SMILES string of the molecule is O=c1oc2ccccc2n1C(=S)c1ccc(Br)cc1. The van der Waals surface area contributed by atoms with E-state index in [2.05, 4.69) is 15.9 Å². The molecule has 0 unspecified atom stereocenters. The van der Waals surface area contributed by atoms with Crippen molar-refractivity contribution in [3.63, 3.8) is 0 Å². The van der Waals surface area contributed by atoms with E-state index in [0.29, 0.717) is 16.1 Å². The number of aromatic nitrogens is 1. The molecule has 0 aliphatic carbocycles. The van der Waals surface area contributed by atoms with E-state index in [1.165, 1.54) is 4.57 Å². The highest BCUT2D eigenvalue weighted by Crippen LogP contribution is 2.16. The second kappa shape index (κ2) is 4.75. The smallest absolute Gasteiger partial charge is 0.407 e. The van der Waals surface area contributed by atoms with Gasteiger partial charge in [-0.3, -0.25) is 0 Å². The zero-order valence-electron chi connectivity index (χ0n) is 9.67. The van der Waals surface area contributed by atoms with Gasteiger partial charge in [-0.15, -0.1) is 0 Å². The van der Waals surface area contributed by atoms with Gasteiger partial charge in [-0.25, -0.2) is 9.36 Å². The molecule has 5 heteroatoms. The Bertz CT molecular complexity index is 817. The average Bonchev–Trinajstić information content (AvgIpc) is 2.74. The fourth-order valence-corrected chi connectivity index (χ4v) is 2.45. The summed E-state index contributed by atoms with van der Waals surface area (Å²) in [7, 11) is 0. The van der Waals surface area contributed by atoms with Crippen molar-refractivity contribution in [1.82, 2.24) is 4.57 Å². The van der Waals surface area contributed by atoms with Crippen LogP contribution >= 0.6 is 28.1 Å². The predicted octanol–water partition coefficient (Wildman–Crippen LogP) is 3.58. The van der Waals surface area contributed by atoms with Crippen LogP contribution in [0.2, 0.25) is 0 Å². The van der Waals surface area contributed by atoms with Crippen molar-refractivity contribution in [3.8, 4) is 0 Å². The number of rotatable bonds is 1. The zero-order chi connectivity index (χ0) is 13.4. The molecule has 3 nitrogen and oxygen atoms in total. The van der Waals surface area contributed by atoms with Gasteiger partial charge in [0.1, 0.15) is 4.99 Å². The van der Waals surface area contributed by atoms with Gasteiger partial charge < -0.3 is 4.42 Å². The summed E-state index contributed by atoms with van der Waals surface area (Å²) in [5.74, 6) is -0.464. The predicted molar refractivity (Wildman–Crippen MR) is 81.7 cm³/mol. The van der Waals surface area contributed by atoms with Crippen LogP contribution in [0.5, 0.6) is 0 Å². The van der Waals surface area contributed by atoms with Crippen LogP contribution in [0.25, 0.3) is 11.1 Å². The van der Waals surface area contributed by atoms with Gasteiger partial charge in [-0.05, 0) is 24.3 Å². The third-order valence-corrected chi connectivity index (χ3v) is 3.73. The van der Waals surface area contributed by atoms with Gasteiger partial charge in [-0.1, -0.05) is 52.4 Å². The first-order chi connectivity index (χ1) is 9.16. The Balaban J connectivity index is 2.19. The maximum Gasteiger partial charge on any atom is 0.425 e. The highest BCUT2D eigenvalue weighted by Gasteiger charge is 2.13. The summed E-state index contributed by atoms with van der Waals surface area (Å²) >= 11 is 8.75. The molecule has 0 spiro atoms. The van der Waals surface area contributed by atoms with Gasteiger partial charge in [0, 0.05) is 10.0 Å². The molecule has 1 heterocycles. The quantitative estimate of drug-likeness (QED) is 0.638. The van der Waals surface area contributed by atoms with Crippen molar-refractivity contribution < 1.29 is 4.42 Å². The lowest BCUT2D eigenvalue weighted by molar-refractivity contribution is 0.546. The van der Waals surface area contributed by atoms with E-state index in [4.69, 9.17) is 16.6 Å². The van der Waals surface area contributed by atoms with E-state index in [9.17, 15) is 4.79 Å². The molecule has 0 fully saturated rings. The molecule has 19 heavy (non-hydrogen) atoms. The largest absolute Gasteiger partial charge is 0.425 e. The molecule has 0 aliphatic rings. The Morgan fingerprint density at radius 2 is 1.79 bits per heavy atom. The first kappa shape index (κ1) is 12.3. The number of nitrogens with zero attached hydrogens (tertiary/aromatic N) is 1. The molecule has 0 bridgehead atoms. The van der Waals surface area contributed by atoms with Crippen molar-refractivity contribution in [3.05, 3.63) is 69.1 Å². The van der Waals surface area contributed by atoms with Gasteiger partial charge in [0.2, 0.25) is 0 Å². The minimum atomic E-state index is -0.464. The average molecular weight is 334 g/mol. The van der Waals surface area contributed by atoms with Crippen LogP contribution in [0.3, 0.4) is 0 Å². The van der Waals surface area contributed by atoms with E-state index < -0.39 is 5.76 Å². The molecule has 0 aliphatic heterocycles. The van der Waals surface area contributed by atoms with Crippen molar-refractivity contribution in [2.75, 3.05) is 0 Å². The maximum atomic E-state index is 11.9. The number of thiocarbonyl (C=S) groups is 1. The zero-order valence-corrected chi connectivity index (χ0v) is 12.1. The fourth-order valence-electron chi connectivity index (χ4n) is 1.88. The number of benzene rings is 2. The van der Waals surface area contributed by atoms with Crippen molar-refractivity contribution in [2.45, 2.75) is 0 Å². The highest BCUT2D eigenvalue weighted by atomic mass is 79.9. The third kappa shape index (κ3) is 2.15. The molecule has 0 saturated carbocycles. The summed E-state index contributed by atoms with van der Waals surface area (Å²) in [4.78, 5) is 12.4. The number of halogens is 1. The normalized spacial score (nSPS) is 10.8. The third-order valence-electron chi connectivity index (χ3n) is 2.78. The van der Waals surface area contributed by atoms with Crippen LogP contribution in [-0.2, 0) is 0 Å². The highest BCUT2D eigenvalue weighted by molar-refractivity contribution is 9.10. The maximum absolute atomic E-state index is 11.9. The van der Waals surface area contributed by atoms with Crippen LogP contribution in [0.4, 0.5) is 0 Å². The summed E-state index contributed by atoms with van der Waals surface area (Å²) < 4.78 is 7.55. The molecule has 3 rings (SSSR count). The molecule has 2 aromatic carbocycles. The standard InChI is InChI=1S/C14H8BrNO2S/c15-10-7-5-9(6-8-10)13(19)16-11-3-1-2-4-12(11)18-14(16)17/h1-8H. The minimum absolute atomic E-state index is 0.433. The van der Waals surface area contributed by atoms with Gasteiger partial charge >= 0.3 is 5.76 Å². The monoisotopic (exact) mass is 333 g/mol. The summed E-state index contributed by atoms with van der Waals surface area (Å²) in [5.41, 5.74) is 2.01. The van der Waals surface area contributed by atoms with Gasteiger partial charge in [0.25, 0.3) is 0 Å². The molecule has 0 radical (unpaired) electrons. The van der Waals surface area contributed by atoms with Gasteiger partial charge in [-0.2, -0.15) is 0 Å². The second-order valence-corrected chi connectivity index (χ2v) is 5.29. The summed E-state index contributed by atoms with van der Waals surface area (Å²) in [6.45, 7) is 0. The molecule has 94 valence electrons. The molecule has 0 amide bonds. The van der Waals surface area contributed by atoms with Crippen LogP contribution in [0.15, 0.2) is 62.2 Å². The molecular formula is C14H8BrNO2S. The Hall–Kier alpha value is -1.72. The van der Waals surface area contributed by atoms with E-state index in [-0.39, 0.29) is 0 Å². The lowest BCUT2D eigenvalue weighted by atomic mass is 10.2. The Morgan fingerprint density at radius 1 is 1.11 bits per heavy atom. The Labute approximate surface area is 122 Å². The summed E-state index contributed by atoms with van der Waals surface area (Å²) in [6, 6.07) is 14.7. The van der Waals surface area contributed by atoms with Crippen molar-refractivity contribution in [1.29, 1.82) is 0 Å². The van der Waals surface area contributed by atoms with Gasteiger partial charge in [0.05, 0.1) is 5.52 Å². The number of fused-ring (bicyclic) bond motifs is 1. The van der Waals surface area contributed by atoms with Gasteiger partial charge in [0.15, 0.2) is 5.58 Å². The van der Waals surface area contributed by atoms with Crippen LogP contribution in [0, 0.1) is 0 Å². The molecular weight excluding hydrogens is 326 g/mol. The van der Waals surface area contributed by atoms with Crippen LogP contribution in [0.1, 0.15) is 5.56 Å².